The van der Waals surface area contributed by atoms with Crippen LogP contribution in [-0.2, 0) is 11.2 Å². The van der Waals surface area contributed by atoms with Crippen molar-refractivity contribution in [3.63, 3.8) is 0 Å². The Bertz CT molecular complexity index is 1250. The third kappa shape index (κ3) is 4.47. The smallest absolute Gasteiger partial charge is 0.254 e. The average Bonchev–Trinajstić information content (AvgIpc) is 3.60. The average molecular weight is 504 g/mol. The molecule has 7 nitrogen and oxygen atoms in total. The van der Waals surface area contributed by atoms with Crippen molar-refractivity contribution in [1.82, 2.24) is 14.7 Å². The van der Waals surface area contributed by atoms with Gasteiger partial charge in [0.1, 0.15) is 0 Å². The number of nitrogens with zero attached hydrogens (tertiary/aromatic N) is 3. The quantitative estimate of drug-likeness (QED) is 0.530. The second kappa shape index (κ2) is 9.95. The van der Waals surface area contributed by atoms with Crippen molar-refractivity contribution in [1.29, 1.82) is 0 Å². The van der Waals surface area contributed by atoms with Crippen LogP contribution in [0.2, 0.25) is 0 Å². The molecular formula is C28H29N3O4S. The molecule has 0 spiro atoms. The van der Waals surface area contributed by atoms with Crippen LogP contribution >= 0.6 is 11.3 Å². The number of thiophene rings is 1. The van der Waals surface area contributed by atoms with Crippen LogP contribution in [0.3, 0.4) is 0 Å². The SMILES string of the molecule is O=C(CCN1CCc2sccc2C1c1ccccc1)N1CCN(C(=O)c2ccc3c(c2)OCO3)CC1. The second-order valence-corrected chi connectivity index (χ2v) is 10.4. The summed E-state index contributed by atoms with van der Waals surface area (Å²) >= 11 is 1.83. The Labute approximate surface area is 214 Å². The van der Waals surface area contributed by atoms with Gasteiger partial charge in [-0.1, -0.05) is 30.3 Å². The van der Waals surface area contributed by atoms with Crippen LogP contribution in [0.5, 0.6) is 11.5 Å². The van der Waals surface area contributed by atoms with Gasteiger partial charge in [-0.25, -0.2) is 0 Å². The van der Waals surface area contributed by atoms with E-state index in [1.807, 2.05) is 27.2 Å². The minimum Gasteiger partial charge on any atom is -0.454 e. The number of carbonyl (C=O) groups is 2. The topological polar surface area (TPSA) is 62.3 Å². The summed E-state index contributed by atoms with van der Waals surface area (Å²) < 4.78 is 10.7. The van der Waals surface area contributed by atoms with Crippen LogP contribution in [0.4, 0.5) is 0 Å². The molecule has 3 aromatic rings. The van der Waals surface area contributed by atoms with Crippen LogP contribution in [0.15, 0.2) is 60.0 Å². The number of benzene rings is 2. The van der Waals surface area contributed by atoms with Crippen LogP contribution in [0.1, 0.15) is 38.8 Å². The van der Waals surface area contributed by atoms with Gasteiger partial charge in [-0.2, -0.15) is 0 Å². The Morgan fingerprint density at radius 2 is 1.67 bits per heavy atom. The summed E-state index contributed by atoms with van der Waals surface area (Å²) in [5, 5.41) is 2.18. The molecule has 1 fully saturated rings. The molecule has 0 aliphatic carbocycles. The Kier molecular flexibility index (Phi) is 6.37. The molecule has 0 bridgehead atoms. The van der Waals surface area contributed by atoms with E-state index in [0.29, 0.717) is 49.7 Å². The molecule has 3 aliphatic heterocycles. The second-order valence-electron chi connectivity index (χ2n) is 9.39. The van der Waals surface area contributed by atoms with Crippen molar-refractivity contribution in [3.05, 3.63) is 81.5 Å². The fourth-order valence-corrected chi connectivity index (χ4v) is 6.31. The molecule has 1 atom stereocenters. The van der Waals surface area contributed by atoms with E-state index in [2.05, 4.69) is 40.6 Å². The molecule has 0 radical (unpaired) electrons. The highest BCUT2D eigenvalue weighted by molar-refractivity contribution is 7.10. The van der Waals surface area contributed by atoms with E-state index in [-0.39, 0.29) is 24.6 Å². The molecule has 0 N–H and O–H groups in total. The van der Waals surface area contributed by atoms with Gasteiger partial charge in [-0.05, 0) is 47.2 Å². The molecule has 6 rings (SSSR count). The predicted molar refractivity (Wildman–Crippen MR) is 138 cm³/mol. The van der Waals surface area contributed by atoms with E-state index < -0.39 is 0 Å². The van der Waals surface area contributed by atoms with E-state index in [4.69, 9.17) is 9.47 Å². The van der Waals surface area contributed by atoms with Crippen LogP contribution in [0, 0.1) is 0 Å². The molecule has 3 aliphatic rings. The van der Waals surface area contributed by atoms with Crippen molar-refractivity contribution in [2.45, 2.75) is 18.9 Å². The van der Waals surface area contributed by atoms with E-state index in [1.165, 1.54) is 16.0 Å². The molecule has 1 unspecified atom stereocenters. The lowest BCUT2D eigenvalue weighted by molar-refractivity contribution is -0.133. The van der Waals surface area contributed by atoms with Gasteiger partial charge in [0.15, 0.2) is 11.5 Å². The molecule has 2 aromatic carbocycles. The number of carbonyl (C=O) groups excluding carboxylic acids is 2. The fraction of sp³-hybridized carbons (Fsp3) is 0.357. The van der Waals surface area contributed by atoms with E-state index in [1.54, 1.807) is 18.2 Å². The van der Waals surface area contributed by atoms with Gasteiger partial charge in [0, 0.05) is 56.1 Å². The van der Waals surface area contributed by atoms with Gasteiger partial charge in [0.25, 0.3) is 5.91 Å². The molecule has 8 heteroatoms. The molecule has 186 valence electrons. The molecule has 1 aromatic heterocycles. The van der Waals surface area contributed by atoms with Crippen LogP contribution in [0.25, 0.3) is 0 Å². The van der Waals surface area contributed by atoms with Crippen molar-refractivity contribution in [2.75, 3.05) is 46.1 Å². The Hall–Kier alpha value is -3.36. The number of fused-ring (bicyclic) bond motifs is 2. The minimum atomic E-state index is -0.0361. The number of amides is 2. The van der Waals surface area contributed by atoms with Gasteiger partial charge in [0.2, 0.25) is 12.7 Å². The highest BCUT2D eigenvalue weighted by Gasteiger charge is 2.31. The third-order valence-electron chi connectivity index (χ3n) is 7.33. The first kappa shape index (κ1) is 23.1. The maximum atomic E-state index is 13.1. The first-order valence-electron chi connectivity index (χ1n) is 12.5. The number of hydrogen-bond donors (Lipinski definition) is 0. The van der Waals surface area contributed by atoms with Crippen molar-refractivity contribution >= 4 is 23.2 Å². The van der Waals surface area contributed by atoms with Crippen molar-refractivity contribution in [3.8, 4) is 11.5 Å². The highest BCUT2D eigenvalue weighted by Crippen LogP contribution is 2.37. The number of ether oxygens (including phenoxy) is 2. The standard InChI is InChI=1S/C28H29N3O4S/c32-26(9-12-30-11-8-25-22(10-17-36-25)27(30)20-4-2-1-3-5-20)29-13-15-31(16-14-29)28(33)21-6-7-23-24(18-21)35-19-34-23/h1-7,10,17-18,27H,8-9,11-16,19H2. The summed E-state index contributed by atoms with van der Waals surface area (Å²) in [5.41, 5.74) is 3.24. The maximum absolute atomic E-state index is 13.1. The fourth-order valence-electron chi connectivity index (χ4n) is 5.40. The van der Waals surface area contributed by atoms with Gasteiger partial charge >= 0.3 is 0 Å². The Morgan fingerprint density at radius 1 is 0.889 bits per heavy atom. The summed E-state index contributed by atoms with van der Waals surface area (Å²) in [6.45, 7) is 4.06. The van der Waals surface area contributed by atoms with Gasteiger partial charge in [-0.3, -0.25) is 14.5 Å². The predicted octanol–water partition coefficient (Wildman–Crippen LogP) is 3.80. The Morgan fingerprint density at radius 3 is 2.50 bits per heavy atom. The van der Waals surface area contributed by atoms with Crippen LogP contribution < -0.4 is 9.47 Å². The van der Waals surface area contributed by atoms with E-state index >= 15 is 0 Å². The Balaban J connectivity index is 1.05. The lowest BCUT2D eigenvalue weighted by Crippen LogP contribution is -2.51. The van der Waals surface area contributed by atoms with E-state index in [9.17, 15) is 9.59 Å². The van der Waals surface area contributed by atoms with Crippen molar-refractivity contribution in [2.24, 2.45) is 0 Å². The molecule has 2 amide bonds. The molecule has 0 saturated carbocycles. The minimum absolute atomic E-state index is 0.0361. The summed E-state index contributed by atoms with van der Waals surface area (Å²) in [7, 11) is 0. The zero-order valence-electron chi connectivity index (χ0n) is 20.1. The summed E-state index contributed by atoms with van der Waals surface area (Å²) in [6.07, 6.45) is 1.52. The van der Waals surface area contributed by atoms with E-state index in [0.717, 1.165) is 19.5 Å². The monoisotopic (exact) mass is 503 g/mol. The molecule has 36 heavy (non-hydrogen) atoms. The lowest BCUT2D eigenvalue weighted by Gasteiger charge is -2.38. The number of rotatable bonds is 5. The summed E-state index contributed by atoms with van der Waals surface area (Å²) in [6, 6.07) is 18.3. The summed E-state index contributed by atoms with van der Waals surface area (Å²) in [4.78, 5) is 33.7. The summed E-state index contributed by atoms with van der Waals surface area (Å²) in [5.74, 6) is 1.40. The number of piperazine rings is 1. The molecular weight excluding hydrogens is 474 g/mol. The zero-order chi connectivity index (χ0) is 24.5. The molecule has 1 saturated heterocycles. The van der Waals surface area contributed by atoms with Gasteiger partial charge < -0.3 is 19.3 Å². The number of hydrogen-bond acceptors (Lipinski definition) is 6. The maximum Gasteiger partial charge on any atom is 0.254 e. The molecule has 4 heterocycles. The first-order valence-corrected chi connectivity index (χ1v) is 13.4. The first-order chi connectivity index (χ1) is 17.7. The lowest BCUT2D eigenvalue weighted by atomic mass is 9.93. The van der Waals surface area contributed by atoms with Crippen molar-refractivity contribution < 1.29 is 19.1 Å². The van der Waals surface area contributed by atoms with Crippen LogP contribution in [-0.4, -0.2) is 72.6 Å². The van der Waals surface area contributed by atoms with Gasteiger partial charge in [0.05, 0.1) is 6.04 Å². The zero-order valence-corrected chi connectivity index (χ0v) is 20.9. The third-order valence-corrected chi connectivity index (χ3v) is 8.33. The largest absolute Gasteiger partial charge is 0.454 e. The highest BCUT2D eigenvalue weighted by atomic mass is 32.1. The normalized spacial score (nSPS) is 19.3. The van der Waals surface area contributed by atoms with Gasteiger partial charge in [-0.15, -0.1) is 11.3 Å².